The normalized spacial score (nSPS) is 19.5. The van der Waals surface area contributed by atoms with Crippen LogP contribution in [0.25, 0.3) is 0 Å². The highest BCUT2D eigenvalue weighted by Crippen LogP contribution is 2.21. The van der Waals surface area contributed by atoms with Gasteiger partial charge < -0.3 is 4.90 Å². The Hall–Kier alpha value is -1.89. The number of amides is 1. The van der Waals surface area contributed by atoms with Gasteiger partial charge in [-0.25, -0.2) is 8.78 Å². The standard InChI is InChI=1S/C13H11F2NO/c1-2-9-6-12(17)16(7-9)8-10-4-3-5-11(14)13(10)15/h1,3-5,9H,6-8H2. The molecule has 0 bridgehead atoms. The molecule has 0 radical (unpaired) electrons. The largest absolute Gasteiger partial charge is 0.337 e. The van der Waals surface area contributed by atoms with E-state index in [1.54, 1.807) is 0 Å². The van der Waals surface area contributed by atoms with Crippen LogP contribution in [0.4, 0.5) is 8.78 Å². The summed E-state index contributed by atoms with van der Waals surface area (Å²) in [5.41, 5.74) is 0.177. The van der Waals surface area contributed by atoms with Crippen molar-refractivity contribution in [3.8, 4) is 12.3 Å². The van der Waals surface area contributed by atoms with E-state index in [1.807, 2.05) is 0 Å². The minimum Gasteiger partial charge on any atom is -0.337 e. The SMILES string of the molecule is C#CC1CC(=O)N(Cc2cccc(F)c2F)C1. The minimum atomic E-state index is -0.900. The lowest BCUT2D eigenvalue weighted by Crippen LogP contribution is -2.25. The van der Waals surface area contributed by atoms with Crippen LogP contribution < -0.4 is 0 Å². The van der Waals surface area contributed by atoms with E-state index in [2.05, 4.69) is 5.92 Å². The summed E-state index contributed by atoms with van der Waals surface area (Å²) in [4.78, 5) is 13.0. The molecule has 1 heterocycles. The molecule has 1 aromatic carbocycles. The van der Waals surface area contributed by atoms with Crippen molar-refractivity contribution < 1.29 is 13.6 Å². The third-order valence-electron chi connectivity index (χ3n) is 2.84. The predicted octanol–water partition coefficient (Wildman–Crippen LogP) is 1.95. The average molecular weight is 235 g/mol. The van der Waals surface area contributed by atoms with Gasteiger partial charge >= 0.3 is 0 Å². The number of likely N-dealkylation sites (tertiary alicyclic amines) is 1. The van der Waals surface area contributed by atoms with E-state index in [9.17, 15) is 13.6 Å². The zero-order valence-electron chi connectivity index (χ0n) is 9.12. The maximum Gasteiger partial charge on any atom is 0.224 e. The van der Waals surface area contributed by atoms with Crippen LogP contribution in [-0.4, -0.2) is 17.4 Å². The highest BCUT2D eigenvalue weighted by molar-refractivity contribution is 5.79. The van der Waals surface area contributed by atoms with Gasteiger partial charge in [-0.15, -0.1) is 12.3 Å². The lowest BCUT2D eigenvalue weighted by molar-refractivity contribution is -0.128. The quantitative estimate of drug-likeness (QED) is 0.717. The summed E-state index contributed by atoms with van der Waals surface area (Å²) in [6.45, 7) is 0.478. The summed E-state index contributed by atoms with van der Waals surface area (Å²) < 4.78 is 26.4. The van der Waals surface area contributed by atoms with Crippen molar-refractivity contribution in [2.45, 2.75) is 13.0 Å². The summed E-state index contributed by atoms with van der Waals surface area (Å²) >= 11 is 0. The molecule has 4 heteroatoms. The molecule has 1 aliphatic heterocycles. The Kier molecular flexibility index (Phi) is 3.10. The van der Waals surface area contributed by atoms with Gasteiger partial charge in [0.25, 0.3) is 0 Å². The fourth-order valence-corrected chi connectivity index (χ4v) is 1.91. The van der Waals surface area contributed by atoms with E-state index >= 15 is 0 Å². The molecule has 1 fully saturated rings. The second-order valence-corrected chi connectivity index (χ2v) is 4.05. The Morgan fingerprint density at radius 1 is 1.47 bits per heavy atom. The molecular weight excluding hydrogens is 224 g/mol. The van der Waals surface area contributed by atoms with Gasteiger partial charge in [0.15, 0.2) is 11.6 Å². The zero-order chi connectivity index (χ0) is 12.4. The molecule has 2 rings (SSSR count). The Bertz CT molecular complexity index is 493. The van der Waals surface area contributed by atoms with Crippen LogP contribution in [-0.2, 0) is 11.3 Å². The molecule has 1 amide bonds. The van der Waals surface area contributed by atoms with Gasteiger partial charge in [-0.05, 0) is 6.07 Å². The zero-order valence-corrected chi connectivity index (χ0v) is 9.12. The van der Waals surface area contributed by atoms with E-state index in [1.165, 1.54) is 17.0 Å². The first-order valence-corrected chi connectivity index (χ1v) is 5.28. The number of terminal acetylenes is 1. The molecule has 1 aliphatic rings. The van der Waals surface area contributed by atoms with E-state index < -0.39 is 11.6 Å². The second-order valence-electron chi connectivity index (χ2n) is 4.05. The molecule has 1 atom stereocenters. The maximum atomic E-state index is 13.4. The molecule has 88 valence electrons. The molecule has 0 saturated carbocycles. The number of rotatable bonds is 2. The molecule has 1 saturated heterocycles. The van der Waals surface area contributed by atoms with Gasteiger partial charge in [-0.3, -0.25) is 4.79 Å². The van der Waals surface area contributed by atoms with Crippen molar-refractivity contribution in [1.29, 1.82) is 0 Å². The van der Waals surface area contributed by atoms with E-state index in [-0.39, 0.29) is 30.4 Å². The molecule has 0 aliphatic carbocycles. The molecule has 0 spiro atoms. The molecule has 1 aromatic rings. The Balaban J connectivity index is 2.15. The molecule has 0 aromatic heterocycles. The van der Waals surface area contributed by atoms with Crippen LogP contribution in [0.1, 0.15) is 12.0 Å². The van der Waals surface area contributed by atoms with Crippen LogP contribution in [0.2, 0.25) is 0 Å². The van der Waals surface area contributed by atoms with Crippen molar-refractivity contribution in [2.24, 2.45) is 5.92 Å². The van der Waals surface area contributed by atoms with Crippen molar-refractivity contribution in [3.63, 3.8) is 0 Å². The summed E-state index contributed by atoms with van der Waals surface area (Å²) in [6.07, 6.45) is 5.53. The van der Waals surface area contributed by atoms with Gasteiger partial charge in [0.05, 0.1) is 0 Å². The number of hydrogen-bond acceptors (Lipinski definition) is 1. The molecule has 0 N–H and O–H groups in total. The van der Waals surface area contributed by atoms with Crippen molar-refractivity contribution in [3.05, 3.63) is 35.4 Å². The van der Waals surface area contributed by atoms with Crippen LogP contribution in [0.5, 0.6) is 0 Å². The lowest BCUT2D eigenvalue weighted by atomic mass is 10.1. The van der Waals surface area contributed by atoms with Crippen molar-refractivity contribution >= 4 is 5.91 Å². The summed E-state index contributed by atoms with van der Waals surface area (Å²) in [6, 6.07) is 3.94. The number of carbonyl (C=O) groups excluding carboxylic acids is 1. The van der Waals surface area contributed by atoms with Gasteiger partial charge in [-0.2, -0.15) is 0 Å². The van der Waals surface area contributed by atoms with E-state index in [0.717, 1.165) is 6.07 Å². The van der Waals surface area contributed by atoms with Crippen LogP contribution in [0, 0.1) is 29.9 Å². The fourth-order valence-electron chi connectivity index (χ4n) is 1.91. The van der Waals surface area contributed by atoms with Crippen LogP contribution >= 0.6 is 0 Å². The minimum absolute atomic E-state index is 0.0700. The molecule has 1 unspecified atom stereocenters. The summed E-state index contributed by atoms with van der Waals surface area (Å²) in [5.74, 6) is 0.467. The predicted molar refractivity (Wildman–Crippen MR) is 58.7 cm³/mol. The van der Waals surface area contributed by atoms with E-state index in [0.29, 0.717) is 6.54 Å². The molecular formula is C13H11F2NO. The van der Waals surface area contributed by atoms with Crippen molar-refractivity contribution in [2.75, 3.05) is 6.54 Å². The third kappa shape index (κ3) is 2.28. The number of nitrogens with zero attached hydrogens (tertiary/aromatic N) is 1. The maximum absolute atomic E-state index is 13.4. The Morgan fingerprint density at radius 3 is 2.88 bits per heavy atom. The third-order valence-corrected chi connectivity index (χ3v) is 2.84. The number of hydrogen-bond donors (Lipinski definition) is 0. The highest BCUT2D eigenvalue weighted by atomic mass is 19.2. The van der Waals surface area contributed by atoms with Gasteiger partial charge in [0.2, 0.25) is 5.91 Å². The molecule has 17 heavy (non-hydrogen) atoms. The highest BCUT2D eigenvalue weighted by Gasteiger charge is 2.28. The van der Waals surface area contributed by atoms with E-state index in [4.69, 9.17) is 6.42 Å². The van der Waals surface area contributed by atoms with Gasteiger partial charge in [0.1, 0.15) is 0 Å². The first-order valence-electron chi connectivity index (χ1n) is 5.28. The molecule has 2 nitrogen and oxygen atoms in total. The topological polar surface area (TPSA) is 20.3 Å². The van der Waals surface area contributed by atoms with Crippen molar-refractivity contribution in [1.82, 2.24) is 4.90 Å². The number of carbonyl (C=O) groups is 1. The Labute approximate surface area is 98.2 Å². The number of benzene rings is 1. The smallest absolute Gasteiger partial charge is 0.224 e. The van der Waals surface area contributed by atoms with Crippen LogP contribution in [0.15, 0.2) is 18.2 Å². The lowest BCUT2D eigenvalue weighted by Gasteiger charge is -2.16. The second kappa shape index (κ2) is 4.54. The first-order chi connectivity index (χ1) is 8.11. The first kappa shape index (κ1) is 11.6. The van der Waals surface area contributed by atoms with Gasteiger partial charge in [-0.1, -0.05) is 12.1 Å². The van der Waals surface area contributed by atoms with Crippen LogP contribution in [0.3, 0.4) is 0 Å². The fraction of sp³-hybridized carbons (Fsp3) is 0.308. The Morgan fingerprint density at radius 2 is 2.24 bits per heavy atom. The number of halogens is 2. The summed E-state index contributed by atoms with van der Waals surface area (Å²) in [7, 11) is 0. The summed E-state index contributed by atoms with van der Waals surface area (Å²) in [5, 5.41) is 0. The monoisotopic (exact) mass is 235 g/mol. The van der Waals surface area contributed by atoms with Gasteiger partial charge in [0, 0.05) is 31.0 Å². The average Bonchev–Trinajstić information content (AvgIpc) is 2.66.